The van der Waals surface area contributed by atoms with Crippen molar-refractivity contribution in [3.8, 4) is 5.75 Å². The highest BCUT2D eigenvalue weighted by atomic mass is 16.5. The van der Waals surface area contributed by atoms with Crippen molar-refractivity contribution in [2.75, 3.05) is 50.6 Å². The van der Waals surface area contributed by atoms with Crippen LogP contribution in [0.4, 0.5) is 16.2 Å². The van der Waals surface area contributed by atoms with E-state index >= 15 is 0 Å². The van der Waals surface area contributed by atoms with Crippen LogP contribution < -0.4 is 20.7 Å². The van der Waals surface area contributed by atoms with Crippen molar-refractivity contribution in [2.24, 2.45) is 0 Å². The molecule has 32 heavy (non-hydrogen) atoms. The number of benzene rings is 2. The summed E-state index contributed by atoms with van der Waals surface area (Å²) in [6.45, 7) is 8.00. The Balaban J connectivity index is 1.53. The molecule has 2 aromatic carbocycles. The van der Waals surface area contributed by atoms with E-state index in [-0.39, 0.29) is 17.5 Å². The molecule has 1 aliphatic rings. The number of nitrogens with one attached hydrogen (secondary N) is 3. The lowest BCUT2D eigenvalue weighted by Crippen LogP contribution is -2.57. The number of rotatable bonds is 8. The lowest BCUT2D eigenvalue weighted by Gasteiger charge is -2.43. The molecule has 8 nitrogen and oxygen atoms in total. The number of para-hydroxylation sites is 2. The third kappa shape index (κ3) is 5.99. The number of amides is 3. The number of hydrogen-bond acceptors (Lipinski definition) is 5. The van der Waals surface area contributed by atoms with Gasteiger partial charge in [0.1, 0.15) is 5.75 Å². The van der Waals surface area contributed by atoms with Crippen LogP contribution in [0.3, 0.4) is 0 Å². The summed E-state index contributed by atoms with van der Waals surface area (Å²) < 4.78 is 10.7. The van der Waals surface area contributed by atoms with Crippen LogP contribution >= 0.6 is 0 Å². The Morgan fingerprint density at radius 1 is 1.06 bits per heavy atom. The van der Waals surface area contributed by atoms with Crippen LogP contribution in [-0.2, 0) is 4.74 Å². The topological polar surface area (TPSA) is 91.9 Å². The fraction of sp³-hybridized carbons (Fsp3) is 0.417. The Bertz CT molecular complexity index is 912. The second kappa shape index (κ2) is 11.0. The first-order chi connectivity index (χ1) is 15.4. The molecule has 0 saturated carbocycles. The average Bonchev–Trinajstić information content (AvgIpc) is 2.84. The normalized spacial score (nSPS) is 16.0. The summed E-state index contributed by atoms with van der Waals surface area (Å²) in [7, 11) is 1.56. The number of urea groups is 1. The maximum atomic E-state index is 12.5. The van der Waals surface area contributed by atoms with Crippen molar-refractivity contribution in [1.29, 1.82) is 0 Å². The zero-order valence-corrected chi connectivity index (χ0v) is 18.9. The van der Waals surface area contributed by atoms with Gasteiger partial charge in [-0.1, -0.05) is 19.1 Å². The van der Waals surface area contributed by atoms with Crippen LogP contribution in [0, 0.1) is 0 Å². The van der Waals surface area contributed by atoms with Crippen LogP contribution in [0.15, 0.2) is 48.5 Å². The molecule has 1 atom stereocenters. The van der Waals surface area contributed by atoms with Crippen LogP contribution in [0.1, 0.15) is 30.6 Å². The standard InChI is InChI=1S/C24H32N4O4/c1-4-24(2,28-13-15-32-16-14-28)17-25-23(30)26-19-11-9-18(10-12-19)22(29)27-20-7-5-6-8-21(20)31-3/h5-12H,4,13-17H2,1-3H3,(H,27,29)(H2,25,26,30). The highest BCUT2D eigenvalue weighted by Gasteiger charge is 2.31. The summed E-state index contributed by atoms with van der Waals surface area (Å²) >= 11 is 0. The molecule has 1 heterocycles. The SMILES string of the molecule is CCC(C)(CNC(=O)Nc1ccc(C(=O)Nc2ccccc2OC)cc1)N1CCOCC1. The number of carbonyl (C=O) groups excluding carboxylic acids is 2. The highest BCUT2D eigenvalue weighted by molar-refractivity contribution is 6.05. The molecule has 172 valence electrons. The van der Waals surface area contributed by atoms with Crippen LogP contribution in [-0.4, -0.2) is 62.3 Å². The molecule has 0 radical (unpaired) electrons. The zero-order chi connectivity index (χ0) is 23.0. The maximum absolute atomic E-state index is 12.5. The number of nitrogens with zero attached hydrogens (tertiary/aromatic N) is 1. The predicted molar refractivity (Wildman–Crippen MR) is 125 cm³/mol. The quantitative estimate of drug-likeness (QED) is 0.584. The molecular formula is C24H32N4O4. The van der Waals surface area contributed by atoms with Gasteiger partial charge in [-0.15, -0.1) is 0 Å². The molecular weight excluding hydrogens is 408 g/mol. The number of hydrogen-bond donors (Lipinski definition) is 3. The molecule has 2 aromatic rings. The summed E-state index contributed by atoms with van der Waals surface area (Å²) in [5.41, 5.74) is 1.57. The molecule has 8 heteroatoms. The van der Waals surface area contributed by atoms with Crippen molar-refractivity contribution >= 4 is 23.3 Å². The predicted octanol–water partition coefficient (Wildman–Crippen LogP) is 3.57. The fourth-order valence-electron chi connectivity index (χ4n) is 3.66. The third-order valence-corrected chi connectivity index (χ3v) is 5.93. The van der Waals surface area contributed by atoms with Gasteiger partial charge in [-0.2, -0.15) is 0 Å². The van der Waals surface area contributed by atoms with E-state index in [1.54, 1.807) is 43.5 Å². The van der Waals surface area contributed by atoms with Gasteiger partial charge in [0.15, 0.2) is 0 Å². The minimum Gasteiger partial charge on any atom is -0.495 e. The zero-order valence-electron chi connectivity index (χ0n) is 18.9. The Morgan fingerprint density at radius 3 is 2.41 bits per heavy atom. The smallest absolute Gasteiger partial charge is 0.319 e. The maximum Gasteiger partial charge on any atom is 0.319 e. The summed E-state index contributed by atoms with van der Waals surface area (Å²) in [6.07, 6.45) is 0.920. The van der Waals surface area contributed by atoms with Gasteiger partial charge in [0, 0.05) is 36.4 Å². The molecule has 1 fully saturated rings. The van der Waals surface area contributed by atoms with E-state index in [2.05, 4.69) is 34.7 Å². The van der Waals surface area contributed by atoms with E-state index in [9.17, 15) is 9.59 Å². The molecule has 0 aliphatic carbocycles. The van der Waals surface area contributed by atoms with Crippen molar-refractivity contribution in [3.05, 3.63) is 54.1 Å². The van der Waals surface area contributed by atoms with Crippen molar-refractivity contribution in [2.45, 2.75) is 25.8 Å². The summed E-state index contributed by atoms with van der Waals surface area (Å²) in [5.74, 6) is 0.335. The molecule has 3 N–H and O–H groups in total. The molecule has 1 unspecified atom stereocenters. The second-order valence-electron chi connectivity index (χ2n) is 7.99. The monoisotopic (exact) mass is 440 g/mol. The fourth-order valence-corrected chi connectivity index (χ4v) is 3.66. The first kappa shape index (κ1) is 23.6. The van der Waals surface area contributed by atoms with Crippen LogP contribution in [0.2, 0.25) is 0 Å². The molecule has 3 amide bonds. The summed E-state index contributed by atoms with van der Waals surface area (Å²) in [5, 5.41) is 8.64. The van der Waals surface area contributed by atoms with Gasteiger partial charge in [-0.05, 0) is 49.7 Å². The van der Waals surface area contributed by atoms with Gasteiger partial charge in [0.2, 0.25) is 0 Å². The van der Waals surface area contributed by atoms with Gasteiger partial charge in [-0.3, -0.25) is 9.69 Å². The second-order valence-corrected chi connectivity index (χ2v) is 7.99. The highest BCUT2D eigenvalue weighted by Crippen LogP contribution is 2.24. The molecule has 0 bridgehead atoms. The van der Waals surface area contributed by atoms with E-state index in [4.69, 9.17) is 9.47 Å². The van der Waals surface area contributed by atoms with E-state index in [1.165, 1.54) is 0 Å². The van der Waals surface area contributed by atoms with Gasteiger partial charge in [0.25, 0.3) is 5.91 Å². The average molecular weight is 441 g/mol. The lowest BCUT2D eigenvalue weighted by molar-refractivity contribution is -0.0163. The molecule has 0 aromatic heterocycles. The van der Waals surface area contributed by atoms with Crippen LogP contribution in [0.25, 0.3) is 0 Å². The Labute approximate surface area is 189 Å². The van der Waals surface area contributed by atoms with E-state index < -0.39 is 0 Å². The van der Waals surface area contributed by atoms with Gasteiger partial charge >= 0.3 is 6.03 Å². The third-order valence-electron chi connectivity index (χ3n) is 5.93. The van der Waals surface area contributed by atoms with Gasteiger partial charge < -0.3 is 25.4 Å². The summed E-state index contributed by atoms with van der Waals surface area (Å²) in [4.78, 5) is 27.3. The number of methoxy groups -OCH3 is 1. The Kier molecular flexibility index (Phi) is 8.08. The Morgan fingerprint density at radius 2 is 1.75 bits per heavy atom. The van der Waals surface area contributed by atoms with Crippen LogP contribution in [0.5, 0.6) is 5.75 Å². The molecule has 3 rings (SSSR count). The number of anilines is 2. The molecule has 1 saturated heterocycles. The largest absolute Gasteiger partial charge is 0.495 e. The number of ether oxygens (including phenoxy) is 2. The minimum absolute atomic E-state index is 0.123. The van der Waals surface area contributed by atoms with Crippen molar-refractivity contribution in [3.63, 3.8) is 0 Å². The van der Waals surface area contributed by atoms with E-state index in [0.29, 0.717) is 29.2 Å². The first-order valence-electron chi connectivity index (χ1n) is 10.9. The number of morpholine rings is 1. The first-order valence-corrected chi connectivity index (χ1v) is 10.9. The van der Waals surface area contributed by atoms with Gasteiger partial charge in [0.05, 0.1) is 26.0 Å². The minimum atomic E-state index is -0.274. The van der Waals surface area contributed by atoms with E-state index in [0.717, 1.165) is 32.7 Å². The molecule has 1 aliphatic heterocycles. The van der Waals surface area contributed by atoms with Crippen molar-refractivity contribution in [1.82, 2.24) is 10.2 Å². The molecule has 0 spiro atoms. The van der Waals surface area contributed by atoms with Crippen molar-refractivity contribution < 1.29 is 19.1 Å². The van der Waals surface area contributed by atoms with Gasteiger partial charge in [-0.25, -0.2) is 4.79 Å². The lowest BCUT2D eigenvalue weighted by atomic mass is 9.95. The number of carbonyl (C=O) groups is 2. The Hall–Kier alpha value is -3.10. The summed E-state index contributed by atoms with van der Waals surface area (Å²) in [6, 6.07) is 13.7. The van der Waals surface area contributed by atoms with E-state index in [1.807, 2.05) is 12.1 Å².